The van der Waals surface area contributed by atoms with Crippen LogP contribution in [-0.4, -0.2) is 43.5 Å². The highest BCUT2D eigenvalue weighted by Crippen LogP contribution is 2.19. The number of aromatic nitrogens is 1. The Morgan fingerprint density at radius 3 is 3.00 bits per heavy atom. The van der Waals surface area contributed by atoms with Crippen molar-refractivity contribution in [1.82, 2.24) is 9.29 Å². The molecule has 94 valence electrons. The van der Waals surface area contributed by atoms with Crippen molar-refractivity contribution in [3.8, 4) is 0 Å². The summed E-state index contributed by atoms with van der Waals surface area (Å²) in [5.74, 6) is 0.201. The van der Waals surface area contributed by atoms with Gasteiger partial charge in [0.25, 0.3) is 0 Å². The monoisotopic (exact) mass is 257 g/mol. The zero-order chi connectivity index (χ0) is 12.5. The van der Waals surface area contributed by atoms with Crippen LogP contribution in [0.2, 0.25) is 0 Å². The van der Waals surface area contributed by atoms with Crippen LogP contribution in [0.25, 0.3) is 0 Å². The lowest BCUT2D eigenvalue weighted by atomic mass is 10.3. The summed E-state index contributed by atoms with van der Waals surface area (Å²) < 4.78 is 31.3. The molecule has 1 saturated heterocycles. The minimum absolute atomic E-state index is 0.0855. The van der Waals surface area contributed by atoms with E-state index in [0.29, 0.717) is 19.7 Å². The van der Waals surface area contributed by atoms with Crippen molar-refractivity contribution in [1.29, 1.82) is 0 Å². The lowest BCUT2D eigenvalue weighted by Crippen LogP contribution is -2.44. The van der Waals surface area contributed by atoms with E-state index >= 15 is 0 Å². The molecule has 6 nitrogen and oxygen atoms in total. The molecule has 1 fully saturated rings. The number of rotatable bonds is 2. The van der Waals surface area contributed by atoms with E-state index in [1.54, 1.807) is 0 Å². The molecular formula is C10H15N3O3S. The first-order valence-electron chi connectivity index (χ1n) is 5.33. The Morgan fingerprint density at radius 1 is 1.59 bits per heavy atom. The standard InChI is InChI=1S/C10H15N3O3S/c1-8-7-13(4-5-16-8)17(14,15)9-2-3-12-10(11)6-9/h2-3,6,8H,4-5,7H2,1H3,(H2,11,12). The predicted molar refractivity (Wildman–Crippen MR) is 62.8 cm³/mol. The lowest BCUT2D eigenvalue weighted by Gasteiger charge is -2.30. The number of hydrogen-bond donors (Lipinski definition) is 1. The molecule has 0 spiro atoms. The minimum Gasteiger partial charge on any atom is -0.384 e. The number of sulfonamides is 1. The van der Waals surface area contributed by atoms with Crippen LogP contribution in [0, 0.1) is 0 Å². The summed E-state index contributed by atoms with van der Waals surface area (Å²) >= 11 is 0. The molecule has 7 heteroatoms. The molecular weight excluding hydrogens is 242 g/mol. The second-order valence-corrected chi connectivity index (χ2v) is 5.90. The van der Waals surface area contributed by atoms with E-state index in [0.717, 1.165) is 0 Å². The van der Waals surface area contributed by atoms with E-state index in [4.69, 9.17) is 10.5 Å². The number of anilines is 1. The second-order valence-electron chi connectivity index (χ2n) is 3.96. The van der Waals surface area contributed by atoms with Crippen LogP contribution >= 0.6 is 0 Å². The summed E-state index contributed by atoms with van der Waals surface area (Å²) in [4.78, 5) is 3.96. The fraction of sp³-hybridized carbons (Fsp3) is 0.500. The first-order chi connectivity index (χ1) is 8.00. The molecule has 0 saturated carbocycles. The Kier molecular flexibility index (Phi) is 3.32. The first-order valence-corrected chi connectivity index (χ1v) is 6.77. The van der Waals surface area contributed by atoms with Gasteiger partial charge in [-0.2, -0.15) is 4.31 Å². The third kappa shape index (κ3) is 2.56. The van der Waals surface area contributed by atoms with Gasteiger partial charge in [0, 0.05) is 25.4 Å². The van der Waals surface area contributed by atoms with Crippen LogP contribution in [-0.2, 0) is 14.8 Å². The molecule has 17 heavy (non-hydrogen) atoms. The number of pyridine rings is 1. The number of morpholine rings is 1. The van der Waals surface area contributed by atoms with Gasteiger partial charge in [-0.1, -0.05) is 0 Å². The summed E-state index contributed by atoms with van der Waals surface area (Å²) in [6.45, 7) is 3.00. The first kappa shape index (κ1) is 12.3. The van der Waals surface area contributed by atoms with Crippen LogP contribution in [0.5, 0.6) is 0 Å². The van der Waals surface area contributed by atoms with Gasteiger partial charge in [0.1, 0.15) is 5.82 Å². The highest BCUT2D eigenvalue weighted by molar-refractivity contribution is 7.89. The summed E-state index contributed by atoms with van der Waals surface area (Å²) in [5, 5.41) is 0. The number of nitrogens with two attached hydrogens (primary N) is 1. The maximum Gasteiger partial charge on any atom is 0.243 e. The van der Waals surface area contributed by atoms with Crippen molar-refractivity contribution in [3.05, 3.63) is 18.3 Å². The Labute approximate surface area is 100 Å². The Morgan fingerprint density at radius 2 is 2.35 bits per heavy atom. The smallest absolute Gasteiger partial charge is 0.243 e. The Hall–Kier alpha value is -1.18. The number of nitrogens with zero attached hydrogens (tertiary/aromatic N) is 2. The largest absolute Gasteiger partial charge is 0.384 e. The molecule has 1 aliphatic heterocycles. The van der Waals surface area contributed by atoms with E-state index in [-0.39, 0.29) is 16.8 Å². The molecule has 2 heterocycles. The van der Waals surface area contributed by atoms with Crippen LogP contribution < -0.4 is 5.73 Å². The fourth-order valence-corrected chi connectivity index (χ4v) is 3.26. The van der Waals surface area contributed by atoms with Crippen LogP contribution in [0.4, 0.5) is 5.82 Å². The molecule has 2 rings (SSSR count). The van der Waals surface area contributed by atoms with Crippen molar-refractivity contribution in [2.24, 2.45) is 0 Å². The predicted octanol–water partition coefficient (Wildman–Crippen LogP) is 0.0732. The van der Waals surface area contributed by atoms with Gasteiger partial charge in [-0.15, -0.1) is 0 Å². The van der Waals surface area contributed by atoms with Crippen molar-refractivity contribution in [2.45, 2.75) is 17.9 Å². The van der Waals surface area contributed by atoms with E-state index in [2.05, 4.69) is 4.98 Å². The summed E-state index contributed by atoms with van der Waals surface area (Å²) in [5.41, 5.74) is 5.49. The van der Waals surface area contributed by atoms with Gasteiger partial charge in [-0.25, -0.2) is 13.4 Å². The van der Waals surface area contributed by atoms with Gasteiger partial charge in [0.2, 0.25) is 10.0 Å². The molecule has 1 unspecified atom stereocenters. The third-order valence-electron chi connectivity index (χ3n) is 2.59. The van der Waals surface area contributed by atoms with E-state index in [1.165, 1.54) is 22.6 Å². The normalized spacial score (nSPS) is 22.5. The van der Waals surface area contributed by atoms with Crippen molar-refractivity contribution in [3.63, 3.8) is 0 Å². The van der Waals surface area contributed by atoms with E-state index in [9.17, 15) is 8.42 Å². The molecule has 1 atom stereocenters. The van der Waals surface area contributed by atoms with Crippen molar-refractivity contribution in [2.75, 3.05) is 25.4 Å². The molecule has 0 aliphatic carbocycles. The zero-order valence-electron chi connectivity index (χ0n) is 9.54. The summed E-state index contributed by atoms with van der Waals surface area (Å²) in [6.07, 6.45) is 1.31. The Balaban J connectivity index is 2.29. The molecule has 0 amide bonds. The van der Waals surface area contributed by atoms with Crippen LogP contribution in [0.1, 0.15) is 6.92 Å². The van der Waals surface area contributed by atoms with Crippen LogP contribution in [0.15, 0.2) is 23.2 Å². The van der Waals surface area contributed by atoms with Crippen LogP contribution in [0.3, 0.4) is 0 Å². The minimum atomic E-state index is -3.48. The Bertz CT molecular complexity index is 503. The average molecular weight is 257 g/mol. The van der Waals surface area contributed by atoms with Gasteiger partial charge < -0.3 is 10.5 Å². The molecule has 0 aromatic carbocycles. The zero-order valence-corrected chi connectivity index (χ0v) is 10.4. The maximum atomic E-state index is 12.3. The number of nitrogen functional groups attached to an aromatic ring is 1. The molecule has 0 radical (unpaired) electrons. The maximum absolute atomic E-state index is 12.3. The van der Waals surface area contributed by atoms with Crippen molar-refractivity contribution >= 4 is 15.8 Å². The lowest BCUT2D eigenvalue weighted by molar-refractivity contribution is 0.0102. The van der Waals surface area contributed by atoms with Gasteiger partial charge in [0.05, 0.1) is 17.6 Å². The average Bonchev–Trinajstić information content (AvgIpc) is 2.29. The van der Waals surface area contributed by atoms with Gasteiger partial charge in [-0.05, 0) is 13.0 Å². The third-order valence-corrected chi connectivity index (χ3v) is 4.46. The summed E-state index contributed by atoms with van der Waals surface area (Å²) in [7, 11) is -3.48. The van der Waals surface area contributed by atoms with Crippen molar-refractivity contribution < 1.29 is 13.2 Å². The second kappa shape index (κ2) is 4.59. The number of hydrogen-bond acceptors (Lipinski definition) is 5. The molecule has 1 aromatic rings. The SMILES string of the molecule is CC1CN(S(=O)(=O)c2ccnc(N)c2)CCO1. The molecule has 0 bridgehead atoms. The highest BCUT2D eigenvalue weighted by Gasteiger charge is 2.29. The van der Waals surface area contributed by atoms with E-state index in [1.807, 2.05) is 6.92 Å². The molecule has 2 N–H and O–H groups in total. The number of ether oxygens (including phenoxy) is 1. The molecule has 1 aliphatic rings. The summed E-state index contributed by atoms with van der Waals surface area (Å²) in [6, 6.07) is 2.82. The van der Waals surface area contributed by atoms with Gasteiger partial charge in [-0.3, -0.25) is 0 Å². The topological polar surface area (TPSA) is 85.5 Å². The van der Waals surface area contributed by atoms with Gasteiger partial charge >= 0.3 is 0 Å². The fourth-order valence-electron chi connectivity index (χ4n) is 1.74. The molecule has 1 aromatic heterocycles. The highest BCUT2D eigenvalue weighted by atomic mass is 32.2. The van der Waals surface area contributed by atoms with Gasteiger partial charge in [0.15, 0.2) is 0 Å². The quantitative estimate of drug-likeness (QED) is 0.810. The van der Waals surface area contributed by atoms with E-state index < -0.39 is 10.0 Å².